The van der Waals surface area contributed by atoms with Crippen LogP contribution in [0.4, 0.5) is 15.8 Å². The van der Waals surface area contributed by atoms with Crippen LogP contribution in [-0.4, -0.2) is 27.1 Å². The van der Waals surface area contributed by atoms with E-state index in [4.69, 9.17) is 0 Å². The van der Waals surface area contributed by atoms with E-state index < -0.39 is 21.7 Å². The maximum atomic E-state index is 13.3. The van der Waals surface area contributed by atoms with Crippen LogP contribution in [0.1, 0.15) is 17.3 Å². The van der Waals surface area contributed by atoms with Crippen molar-refractivity contribution in [3.8, 4) is 0 Å². The normalized spacial score (nSPS) is 11.2. The summed E-state index contributed by atoms with van der Waals surface area (Å²) in [5.41, 5.74) is 1.13. The summed E-state index contributed by atoms with van der Waals surface area (Å²) in [7, 11) is -3.73. The first-order valence-electron chi connectivity index (χ1n) is 9.19. The van der Waals surface area contributed by atoms with Gasteiger partial charge in [-0.1, -0.05) is 6.07 Å². The Kier molecular flexibility index (Phi) is 6.79. The Bertz CT molecular complexity index is 1130. The molecule has 0 bridgehead atoms. The third kappa shape index (κ3) is 4.83. The molecular formula is C22H21FN2O3S2. The van der Waals surface area contributed by atoms with Crippen molar-refractivity contribution in [2.24, 2.45) is 0 Å². The van der Waals surface area contributed by atoms with E-state index in [2.05, 4.69) is 5.32 Å². The Morgan fingerprint density at radius 2 is 1.70 bits per heavy atom. The second-order valence-corrected chi connectivity index (χ2v) is 9.10. The minimum Gasteiger partial charge on any atom is -0.322 e. The molecule has 156 valence electrons. The number of hydrogen-bond acceptors (Lipinski definition) is 4. The monoisotopic (exact) mass is 444 g/mol. The van der Waals surface area contributed by atoms with E-state index in [1.165, 1.54) is 34.3 Å². The molecule has 3 aromatic carbocycles. The van der Waals surface area contributed by atoms with Crippen LogP contribution in [0, 0.1) is 5.82 Å². The van der Waals surface area contributed by atoms with Gasteiger partial charge < -0.3 is 5.32 Å². The van der Waals surface area contributed by atoms with Crippen molar-refractivity contribution < 1.29 is 17.6 Å². The smallest absolute Gasteiger partial charge is 0.264 e. The first-order chi connectivity index (χ1) is 14.3. The number of carbonyl (C=O) groups is 1. The van der Waals surface area contributed by atoms with E-state index in [1.807, 2.05) is 6.26 Å². The highest BCUT2D eigenvalue weighted by Crippen LogP contribution is 2.26. The Labute approximate surface area is 180 Å². The summed E-state index contributed by atoms with van der Waals surface area (Å²) in [4.78, 5) is 13.6. The lowest BCUT2D eigenvalue weighted by molar-refractivity contribution is 0.102. The van der Waals surface area contributed by atoms with Gasteiger partial charge in [0.15, 0.2) is 0 Å². The largest absolute Gasteiger partial charge is 0.322 e. The number of rotatable bonds is 7. The second-order valence-electron chi connectivity index (χ2n) is 6.36. The van der Waals surface area contributed by atoms with E-state index in [0.717, 1.165) is 4.90 Å². The molecule has 1 N–H and O–H groups in total. The van der Waals surface area contributed by atoms with Gasteiger partial charge in [-0.3, -0.25) is 9.10 Å². The molecule has 30 heavy (non-hydrogen) atoms. The summed E-state index contributed by atoms with van der Waals surface area (Å²) >= 11 is 1.54. The number of thioether (sulfide) groups is 1. The minimum atomic E-state index is -3.73. The summed E-state index contributed by atoms with van der Waals surface area (Å²) in [5, 5.41) is 2.62. The van der Waals surface area contributed by atoms with E-state index in [0.29, 0.717) is 16.9 Å². The summed E-state index contributed by atoms with van der Waals surface area (Å²) in [5.74, 6) is -0.858. The molecule has 3 rings (SSSR count). The number of carbonyl (C=O) groups excluding carboxylic acids is 1. The highest BCUT2D eigenvalue weighted by Gasteiger charge is 2.23. The number of anilines is 2. The van der Waals surface area contributed by atoms with Crippen LogP contribution in [0.2, 0.25) is 0 Å². The van der Waals surface area contributed by atoms with Crippen LogP contribution in [0.15, 0.2) is 82.6 Å². The predicted molar refractivity (Wildman–Crippen MR) is 119 cm³/mol. The van der Waals surface area contributed by atoms with Crippen LogP contribution >= 0.6 is 11.8 Å². The van der Waals surface area contributed by atoms with Crippen LogP contribution in [0.5, 0.6) is 0 Å². The van der Waals surface area contributed by atoms with E-state index in [9.17, 15) is 17.6 Å². The molecule has 0 aromatic heterocycles. The van der Waals surface area contributed by atoms with Gasteiger partial charge in [-0.2, -0.15) is 0 Å². The van der Waals surface area contributed by atoms with Crippen molar-refractivity contribution >= 4 is 39.1 Å². The fraction of sp³-hybridized carbons (Fsp3) is 0.136. The molecule has 0 aliphatic heterocycles. The van der Waals surface area contributed by atoms with Crippen molar-refractivity contribution in [3.63, 3.8) is 0 Å². The van der Waals surface area contributed by atoms with Gasteiger partial charge in [-0.25, -0.2) is 12.8 Å². The predicted octanol–water partition coefficient (Wildman–Crippen LogP) is 5.02. The number of amides is 1. The Morgan fingerprint density at radius 1 is 1.03 bits per heavy atom. The molecule has 0 atom stereocenters. The molecule has 5 nitrogen and oxygen atoms in total. The quantitative estimate of drug-likeness (QED) is 0.520. The molecule has 0 aliphatic carbocycles. The highest BCUT2D eigenvalue weighted by atomic mass is 32.2. The Morgan fingerprint density at radius 3 is 2.27 bits per heavy atom. The van der Waals surface area contributed by atoms with E-state index >= 15 is 0 Å². The fourth-order valence-electron chi connectivity index (χ4n) is 2.91. The molecule has 3 aromatic rings. The highest BCUT2D eigenvalue weighted by molar-refractivity contribution is 7.98. The number of halogens is 1. The SMILES string of the molecule is CCN(c1ccc(C(=O)Nc2cccc(F)c2)cc1)S(=O)(=O)c1ccc(SC)cc1. The molecule has 0 unspecified atom stereocenters. The number of benzene rings is 3. The van der Waals surface area contributed by atoms with E-state index in [-0.39, 0.29) is 11.4 Å². The van der Waals surface area contributed by atoms with Crippen molar-refractivity contribution in [3.05, 3.63) is 84.2 Å². The van der Waals surface area contributed by atoms with Crippen molar-refractivity contribution in [1.82, 2.24) is 0 Å². The lowest BCUT2D eigenvalue weighted by atomic mass is 10.2. The Hall–Kier alpha value is -2.84. The van der Waals surface area contributed by atoms with Gasteiger partial charge in [0.25, 0.3) is 15.9 Å². The van der Waals surface area contributed by atoms with Gasteiger partial charge in [-0.15, -0.1) is 11.8 Å². The summed E-state index contributed by atoms with van der Waals surface area (Å²) in [6.07, 6.45) is 1.92. The average Bonchev–Trinajstić information content (AvgIpc) is 2.74. The summed E-state index contributed by atoms with van der Waals surface area (Å²) in [6.45, 7) is 1.99. The molecule has 8 heteroatoms. The van der Waals surface area contributed by atoms with Crippen LogP contribution in [-0.2, 0) is 10.0 Å². The first-order valence-corrected chi connectivity index (χ1v) is 11.9. The van der Waals surface area contributed by atoms with Crippen molar-refractivity contribution in [1.29, 1.82) is 0 Å². The van der Waals surface area contributed by atoms with Crippen molar-refractivity contribution in [2.75, 3.05) is 22.4 Å². The van der Waals surface area contributed by atoms with Gasteiger partial charge in [0.1, 0.15) is 5.82 Å². The second kappa shape index (κ2) is 9.32. The fourth-order valence-corrected chi connectivity index (χ4v) is 4.80. The molecule has 0 heterocycles. The Balaban J connectivity index is 1.81. The van der Waals surface area contributed by atoms with Crippen molar-refractivity contribution in [2.45, 2.75) is 16.7 Å². The molecule has 0 spiro atoms. The maximum absolute atomic E-state index is 13.3. The number of nitrogens with one attached hydrogen (secondary N) is 1. The summed E-state index contributed by atoms with van der Waals surface area (Å²) in [6, 6.07) is 18.6. The molecule has 1 amide bonds. The van der Waals surface area contributed by atoms with Crippen LogP contribution in [0.25, 0.3) is 0 Å². The molecule has 0 saturated heterocycles. The van der Waals surface area contributed by atoms with Gasteiger partial charge >= 0.3 is 0 Å². The molecule has 0 saturated carbocycles. The van der Waals surface area contributed by atoms with Gasteiger partial charge in [0, 0.05) is 22.7 Å². The standard InChI is InChI=1S/C22H21FN2O3S2/c1-3-25(30(27,28)21-13-11-20(29-2)12-14-21)19-9-7-16(8-10-19)22(26)24-18-6-4-5-17(23)15-18/h4-15H,3H2,1-2H3,(H,24,26). The topological polar surface area (TPSA) is 66.5 Å². The zero-order valence-corrected chi connectivity index (χ0v) is 18.1. The molecule has 0 aliphatic rings. The van der Waals surface area contributed by atoms with Gasteiger partial charge in [-0.05, 0) is 79.9 Å². The lowest BCUT2D eigenvalue weighted by Gasteiger charge is -2.23. The first kappa shape index (κ1) is 21.9. The zero-order chi connectivity index (χ0) is 21.7. The van der Waals surface area contributed by atoms with Crippen LogP contribution in [0.3, 0.4) is 0 Å². The van der Waals surface area contributed by atoms with Crippen LogP contribution < -0.4 is 9.62 Å². The van der Waals surface area contributed by atoms with E-state index in [1.54, 1.807) is 61.5 Å². The maximum Gasteiger partial charge on any atom is 0.264 e. The summed E-state index contributed by atoms with van der Waals surface area (Å²) < 4.78 is 40.7. The minimum absolute atomic E-state index is 0.204. The average molecular weight is 445 g/mol. The molecular weight excluding hydrogens is 423 g/mol. The molecule has 0 radical (unpaired) electrons. The third-order valence-corrected chi connectivity index (χ3v) is 7.10. The lowest BCUT2D eigenvalue weighted by Crippen LogP contribution is -2.30. The number of hydrogen-bond donors (Lipinski definition) is 1. The van der Waals surface area contributed by atoms with Gasteiger partial charge in [0.05, 0.1) is 10.6 Å². The number of sulfonamides is 1. The number of nitrogens with zero attached hydrogens (tertiary/aromatic N) is 1. The zero-order valence-electron chi connectivity index (χ0n) is 16.5. The third-order valence-electron chi connectivity index (χ3n) is 4.43. The molecule has 0 fully saturated rings. The van der Waals surface area contributed by atoms with Gasteiger partial charge in [0.2, 0.25) is 0 Å².